The largest absolute Gasteiger partial charge is 0.444 e. The molecule has 3 atom stereocenters. The van der Waals surface area contributed by atoms with E-state index in [9.17, 15) is 19.2 Å². The molecule has 224 valence electrons. The van der Waals surface area contributed by atoms with Crippen LogP contribution >= 0.6 is 0 Å². The SMILES string of the molecule is C/C(C=O)=C\C(C(C)C)N(C)C(=O)C(NC(=O)C(N(C)C(=O)OC(C)(C)C)C(C)(C)c1ccccc1)C(C)(C)C. The molecule has 0 aliphatic rings. The number of likely N-dealkylation sites (N-methyl/N-ethyl adjacent to an activating group) is 2. The van der Waals surface area contributed by atoms with E-state index in [0.29, 0.717) is 5.57 Å². The maximum atomic E-state index is 14.2. The standard InChI is InChI=1S/C32H51N3O5/c1-21(2)24(19-22(3)20-36)34(12)28(38)25(30(4,5)6)33-27(37)26(35(13)29(39)40-31(7,8)9)32(10,11)23-17-15-14-16-18-23/h14-21,24-26H,1-13H3,(H,33,37)/b22-19+. The minimum Gasteiger partial charge on any atom is -0.444 e. The van der Waals surface area contributed by atoms with Crippen LogP contribution in [0.3, 0.4) is 0 Å². The number of aldehydes is 1. The summed E-state index contributed by atoms with van der Waals surface area (Å²) in [5.74, 6) is -0.724. The zero-order valence-corrected chi connectivity index (χ0v) is 26.8. The van der Waals surface area contributed by atoms with Crippen LogP contribution in [0.1, 0.15) is 81.7 Å². The van der Waals surface area contributed by atoms with Crippen molar-refractivity contribution in [1.29, 1.82) is 0 Å². The lowest BCUT2D eigenvalue weighted by Gasteiger charge is -2.42. The van der Waals surface area contributed by atoms with Gasteiger partial charge in [0.2, 0.25) is 11.8 Å². The summed E-state index contributed by atoms with van der Waals surface area (Å²) < 4.78 is 5.62. The first-order valence-corrected chi connectivity index (χ1v) is 13.9. The summed E-state index contributed by atoms with van der Waals surface area (Å²) in [4.78, 5) is 55.6. The first-order valence-electron chi connectivity index (χ1n) is 13.9. The molecule has 8 nitrogen and oxygen atoms in total. The van der Waals surface area contributed by atoms with E-state index in [1.807, 2.05) is 78.8 Å². The summed E-state index contributed by atoms with van der Waals surface area (Å²) in [6.45, 7) is 20.4. The Bertz CT molecular complexity index is 1060. The minimum absolute atomic E-state index is 0.0308. The first kappa shape index (κ1) is 34.9. The molecular formula is C32H51N3O5. The number of carbonyl (C=O) groups is 4. The van der Waals surface area contributed by atoms with Crippen LogP contribution in [0.15, 0.2) is 42.0 Å². The topological polar surface area (TPSA) is 96.0 Å². The molecular weight excluding hydrogens is 506 g/mol. The van der Waals surface area contributed by atoms with Crippen molar-refractivity contribution in [2.24, 2.45) is 11.3 Å². The van der Waals surface area contributed by atoms with Gasteiger partial charge >= 0.3 is 6.09 Å². The lowest BCUT2D eigenvalue weighted by atomic mass is 9.76. The zero-order chi connectivity index (χ0) is 31.2. The Morgan fingerprint density at radius 3 is 1.85 bits per heavy atom. The van der Waals surface area contributed by atoms with Gasteiger partial charge in [0, 0.05) is 19.5 Å². The number of hydrogen-bond donors (Lipinski definition) is 1. The Hall–Kier alpha value is -3.16. The summed E-state index contributed by atoms with van der Waals surface area (Å²) in [7, 11) is 3.23. The predicted molar refractivity (Wildman–Crippen MR) is 160 cm³/mol. The van der Waals surface area contributed by atoms with Crippen LogP contribution in [0.25, 0.3) is 0 Å². The summed E-state index contributed by atoms with van der Waals surface area (Å²) >= 11 is 0. The predicted octanol–water partition coefficient (Wildman–Crippen LogP) is 5.36. The van der Waals surface area contributed by atoms with Gasteiger partial charge in [-0.1, -0.05) is 84.9 Å². The number of amides is 3. The van der Waals surface area contributed by atoms with E-state index < -0.39 is 40.5 Å². The fourth-order valence-corrected chi connectivity index (χ4v) is 4.73. The molecule has 1 N–H and O–H groups in total. The number of rotatable bonds is 10. The lowest BCUT2D eigenvalue weighted by Crippen LogP contribution is -2.63. The van der Waals surface area contributed by atoms with Crippen LogP contribution in [-0.2, 0) is 24.5 Å². The lowest BCUT2D eigenvalue weighted by molar-refractivity contribution is -0.141. The molecule has 40 heavy (non-hydrogen) atoms. The van der Waals surface area contributed by atoms with Gasteiger partial charge in [0.25, 0.3) is 0 Å². The molecule has 0 saturated heterocycles. The molecule has 0 aliphatic heterocycles. The van der Waals surface area contributed by atoms with Gasteiger partial charge in [-0.15, -0.1) is 0 Å². The molecule has 0 aromatic heterocycles. The average Bonchev–Trinajstić information content (AvgIpc) is 2.83. The molecule has 3 amide bonds. The fourth-order valence-electron chi connectivity index (χ4n) is 4.73. The third kappa shape index (κ3) is 9.20. The van der Waals surface area contributed by atoms with E-state index in [1.54, 1.807) is 52.8 Å². The van der Waals surface area contributed by atoms with Gasteiger partial charge in [-0.25, -0.2) is 4.79 Å². The Morgan fingerprint density at radius 2 is 1.43 bits per heavy atom. The van der Waals surface area contributed by atoms with Crippen LogP contribution in [0.5, 0.6) is 0 Å². The molecule has 1 aromatic rings. The van der Waals surface area contributed by atoms with Gasteiger partial charge in [-0.2, -0.15) is 0 Å². The molecule has 0 saturated carbocycles. The second-order valence-electron chi connectivity index (χ2n) is 13.6. The van der Waals surface area contributed by atoms with E-state index >= 15 is 0 Å². The van der Waals surface area contributed by atoms with Crippen LogP contribution in [0.2, 0.25) is 0 Å². The number of allylic oxidation sites excluding steroid dienone is 1. The van der Waals surface area contributed by atoms with Crippen molar-refractivity contribution < 1.29 is 23.9 Å². The second kappa shape index (κ2) is 13.5. The molecule has 1 rings (SSSR count). The third-order valence-corrected chi connectivity index (χ3v) is 7.02. The van der Waals surface area contributed by atoms with E-state index in [-0.39, 0.29) is 17.9 Å². The number of nitrogens with one attached hydrogen (secondary N) is 1. The van der Waals surface area contributed by atoms with Gasteiger partial charge in [0.15, 0.2) is 0 Å². The second-order valence-corrected chi connectivity index (χ2v) is 13.6. The number of ether oxygens (including phenoxy) is 1. The highest BCUT2D eigenvalue weighted by Gasteiger charge is 2.45. The van der Waals surface area contributed by atoms with Gasteiger partial charge in [0.05, 0.1) is 6.04 Å². The van der Waals surface area contributed by atoms with Crippen molar-refractivity contribution in [2.45, 2.75) is 105 Å². The molecule has 8 heteroatoms. The highest BCUT2D eigenvalue weighted by atomic mass is 16.6. The Balaban J connectivity index is 3.58. The molecule has 0 bridgehead atoms. The fraction of sp³-hybridized carbons (Fsp3) is 0.625. The van der Waals surface area contributed by atoms with Crippen LogP contribution < -0.4 is 5.32 Å². The van der Waals surface area contributed by atoms with Crippen LogP contribution in [0, 0.1) is 11.3 Å². The van der Waals surface area contributed by atoms with Crippen LogP contribution in [-0.4, -0.2) is 71.8 Å². The Morgan fingerprint density at radius 1 is 0.900 bits per heavy atom. The zero-order valence-electron chi connectivity index (χ0n) is 26.8. The van der Waals surface area contributed by atoms with Crippen molar-refractivity contribution in [1.82, 2.24) is 15.1 Å². The first-order chi connectivity index (χ1) is 18.1. The van der Waals surface area contributed by atoms with Gasteiger partial charge in [-0.3, -0.25) is 19.3 Å². The van der Waals surface area contributed by atoms with Crippen LogP contribution in [0.4, 0.5) is 4.79 Å². The third-order valence-electron chi connectivity index (χ3n) is 7.02. The maximum absolute atomic E-state index is 14.2. The molecule has 3 unspecified atom stereocenters. The molecule has 0 fully saturated rings. The Kier molecular flexibility index (Phi) is 11.7. The highest BCUT2D eigenvalue weighted by Crippen LogP contribution is 2.32. The van der Waals surface area contributed by atoms with E-state index in [4.69, 9.17) is 4.74 Å². The van der Waals surface area contributed by atoms with Crippen molar-refractivity contribution in [2.75, 3.05) is 14.1 Å². The van der Waals surface area contributed by atoms with E-state index in [2.05, 4.69) is 5.32 Å². The molecule has 0 spiro atoms. The van der Waals surface area contributed by atoms with Gasteiger partial charge < -0.3 is 15.0 Å². The van der Waals surface area contributed by atoms with Gasteiger partial charge in [0.1, 0.15) is 24.0 Å². The van der Waals surface area contributed by atoms with Crippen molar-refractivity contribution in [3.63, 3.8) is 0 Å². The number of carbonyl (C=O) groups excluding carboxylic acids is 4. The van der Waals surface area contributed by atoms with E-state index in [0.717, 1.165) is 11.8 Å². The number of hydrogen-bond acceptors (Lipinski definition) is 5. The van der Waals surface area contributed by atoms with Crippen molar-refractivity contribution in [3.05, 3.63) is 47.5 Å². The summed E-state index contributed by atoms with van der Waals surface area (Å²) in [5.41, 5.74) is -0.861. The maximum Gasteiger partial charge on any atom is 0.410 e. The molecule has 0 aliphatic carbocycles. The average molecular weight is 558 g/mol. The quantitative estimate of drug-likeness (QED) is 0.309. The van der Waals surface area contributed by atoms with E-state index in [1.165, 1.54) is 4.90 Å². The molecule has 1 aromatic carbocycles. The van der Waals surface area contributed by atoms with Crippen molar-refractivity contribution >= 4 is 24.2 Å². The summed E-state index contributed by atoms with van der Waals surface area (Å²) in [6.07, 6.45) is 1.90. The normalized spacial score (nSPS) is 15.1. The monoisotopic (exact) mass is 557 g/mol. The minimum atomic E-state index is -0.995. The number of nitrogens with zero attached hydrogens (tertiary/aromatic N) is 2. The highest BCUT2D eigenvalue weighted by molar-refractivity contribution is 5.93. The summed E-state index contributed by atoms with van der Waals surface area (Å²) in [5, 5.41) is 3.00. The molecule has 0 heterocycles. The van der Waals surface area contributed by atoms with Gasteiger partial charge in [-0.05, 0) is 50.2 Å². The molecule has 0 radical (unpaired) electrons. The van der Waals surface area contributed by atoms with Crippen molar-refractivity contribution in [3.8, 4) is 0 Å². The number of benzene rings is 1. The summed E-state index contributed by atoms with van der Waals surface area (Å²) in [6, 6.07) is 7.25. The smallest absolute Gasteiger partial charge is 0.410 e. The Labute approximate surface area is 241 Å².